The Morgan fingerprint density at radius 2 is 2.06 bits per heavy atom. The molecule has 1 saturated heterocycles. The van der Waals surface area contributed by atoms with Crippen LogP contribution in [0, 0.1) is 0 Å². The van der Waals surface area contributed by atoms with Gasteiger partial charge in [-0.05, 0) is 19.3 Å². The van der Waals surface area contributed by atoms with E-state index >= 15 is 0 Å². The Kier molecular flexibility index (Phi) is 5.69. The summed E-state index contributed by atoms with van der Waals surface area (Å²) in [5.41, 5.74) is 5.59. The third-order valence-electron chi connectivity index (χ3n) is 2.85. The molecule has 96 valence electrons. The van der Waals surface area contributed by atoms with Crippen LogP contribution in [-0.2, 0) is 9.59 Å². The Labute approximate surface area is 102 Å². The highest BCUT2D eigenvalue weighted by molar-refractivity contribution is 5.82. The molecule has 2 amide bonds. The average Bonchev–Trinajstić information content (AvgIpc) is 2.82. The maximum atomic E-state index is 11.6. The van der Waals surface area contributed by atoms with E-state index in [-0.39, 0.29) is 11.8 Å². The predicted octanol–water partition coefficient (Wildman–Crippen LogP) is 0.0185. The molecule has 0 aromatic carbocycles. The Balaban J connectivity index is 2.16. The van der Waals surface area contributed by atoms with E-state index in [0.29, 0.717) is 19.4 Å². The number of nitrogens with two attached hydrogens (primary N) is 1. The summed E-state index contributed by atoms with van der Waals surface area (Å²) < 4.78 is 0. The van der Waals surface area contributed by atoms with E-state index in [2.05, 4.69) is 11.9 Å². The summed E-state index contributed by atoms with van der Waals surface area (Å²) in [7, 11) is 0. The molecule has 1 fully saturated rings. The fourth-order valence-corrected chi connectivity index (χ4v) is 1.83. The van der Waals surface area contributed by atoms with Gasteiger partial charge in [-0.3, -0.25) is 9.59 Å². The minimum absolute atomic E-state index is 0.111. The fourth-order valence-electron chi connectivity index (χ4n) is 1.83. The lowest BCUT2D eigenvalue weighted by atomic mass is 10.2. The van der Waals surface area contributed by atoms with Crippen molar-refractivity contribution in [3.05, 3.63) is 12.7 Å². The van der Waals surface area contributed by atoms with E-state index in [1.54, 1.807) is 6.08 Å². The summed E-state index contributed by atoms with van der Waals surface area (Å²) in [6.45, 7) is 5.58. The Hall–Kier alpha value is -1.36. The molecule has 1 unspecified atom stereocenters. The lowest BCUT2D eigenvalue weighted by Gasteiger charge is -2.15. The third-order valence-corrected chi connectivity index (χ3v) is 2.85. The van der Waals surface area contributed by atoms with Crippen LogP contribution < -0.4 is 11.1 Å². The van der Waals surface area contributed by atoms with E-state index < -0.39 is 6.04 Å². The lowest BCUT2D eigenvalue weighted by Crippen LogP contribution is -2.41. The fraction of sp³-hybridized carbons (Fsp3) is 0.667. The molecule has 0 spiro atoms. The molecule has 0 aliphatic carbocycles. The third kappa shape index (κ3) is 4.56. The number of hydrogen-bond acceptors (Lipinski definition) is 3. The zero-order chi connectivity index (χ0) is 12.7. The zero-order valence-electron chi connectivity index (χ0n) is 10.2. The summed E-state index contributed by atoms with van der Waals surface area (Å²) >= 11 is 0. The largest absolute Gasteiger partial charge is 0.354 e. The molecule has 1 aliphatic heterocycles. The summed E-state index contributed by atoms with van der Waals surface area (Å²) in [6, 6.07) is -0.561. The summed E-state index contributed by atoms with van der Waals surface area (Å²) in [4.78, 5) is 24.9. The minimum Gasteiger partial charge on any atom is -0.354 e. The smallest absolute Gasteiger partial charge is 0.237 e. The van der Waals surface area contributed by atoms with Gasteiger partial charge < -0.3 is 16.0 Å². The van der Waals surface area contributed by atoms with Crippen LogP contribution >= 0.6 is 0 Å². The van der Waals surface area contributed by atoms with E-state index in [1.807, 2.05) is 4.90 Å². The van der Waals surface area contributed by atoms with Crippen molar-refractivity contribution >= 4 is 11.8 Å². The van der Waals surface area contributed by atoms with Crippen LogP contribution in [-0.4, -0.2) is 42.4 Å². The van der Waals surface area contributed by atoms with Gasteiger partial charge in [-0.1, -0.05) is 6.08 Å². The quantitative estimate of drug-likeness (QED) is 0.642. The number of nitrogens with zero attached hydrogens (tertiary/aromatic N) is 1. The van der Waals surface area contributed by atoms with Crippen molar-refractivity contribution in [2.75, 3.05) is 19.6 Å². The van der Waals surface area contributed by atoms with Crippen molar-refractivity contribution in [3.63, 3.8) is 0 Å². The van der Waals surface area contributed by atoms with E-state index in [1.165, 1.54) is 0 Å². The summed E-state index contributed by atoms with van der Waals surface area (Å²) in [5, 5.41) is 2.66. The van der Waals surface area contributed by atoms with Gasteiger partial charge >= 0.3 is 0 Å². The van der Waals surface area contributed by atoms with E-state index in [9.17, 15) is 9.59 Å². The minimum atomic E-state index is -0.561. The first-order valence-corrected chi connectivity index (χ1v) is 6.07. The molecular weight excluding hydrogens is 218 g/mol. The van der Waals surface area contributed by atoms with Crippen molar-refractivity contribution in [2.24, 2.45) is 5.73 Å². The van der Waals surface area contributed by atoms with E-state index in [0.717, 1.165) is 25.9 Å². The van der Waals surface area contributed by atoms with Gasteiger partial charge in [0.25, 0.3) is 0 Å². The second kappa shape index (κ2) is 7.06. The van der Waals surface area contributed by atoms with Gasteiger partial charge in [0.1, 0.15) is 0 Å². The van der Waals surface area contributed by atoms with Crippen LogP contribution in [0.15, 0.2) is 12.7 Å². The highest BCUT2D eigenvalue weighted by Crippen LogP contribution is 2.08. The predicted molar refractivity (Wildman–Crippen MR) is 66.2 cm³/mol. The number of hydrogen-bond donors (Lipinski definition) is 2. The highest BCUT2D eigenvalue weighted by atomic mass is 16.2. The highest BCUT2D eigenvalue weighted by Gasteiger charge is 2.18. The molecule has 0 saturated carbocycles. The van der Waals surface area contributed by atoms with Gasteiger partial charge in [0.15, 0.2) is 0 Å². The molecule has 0 radical (unpaired) electrons. The van der Waals surface area contributed by atoms with Gasteiger partial charge in [-0.15, -0.1) is 6.58 Å². The normalized spacial score (nSPS) is 16.6. The van der Waals surface area contributed by atoms with Gasteiger partial charge in [-0.25, -0.2) is 0 Å². The van der Waals surface area contributed by atoms with Crippen LogP contribution in [0.1, 0.15) is 25.7 Å². The van der Waals surface area contributed by atoms with Crippen LogP contribution in [0.2, 0.25) is 0 Å². The SMILES string of the molecule is C=CCC(N)C(=O)NCCC(=O)N1CCCC1. The molecule has 1 rings (SSSR count). The molecule has 17 heavy (non-hydrogen) atoms. The van der Waals surface area contributed by atoms with Crippen LogP contribution in [0.3, 0.4) is 0 Å². The number of amides is 2. The van der Waals surface area contributed by atoms with Gasteiger partial charge in [0.05, 0.1) is 6.04 Å². The van der Waals surface area contributed by atoms with Crippen molar-refractivity contribution in [2.45, 2.75) is 31.7 Å². The lowest BCUT2D eigenvalue weighted by molar-refractivity contribution is -0.130. The molecule has 1 aliphatic rings. The average molecular weight is 239 g/mol. The second-order valence-corrected chi connectivity index (χ2v) is 4.26. The molecule has 1 atom stereocenters. The van der Waals surface area contributed by atoms with Gasteiger partial charge in [-0.2, -0.15) is 0 Å². The first-order valence-electron chi connectivity index (χ1n) is 6.07. The molecule has 1 heterocycles. The van der Waals surface area contributed by atoms with Crippen molar-refractivity contribution in [1.82, 2.24) is 10.2 Å². The molecule has 5 heteroatoms. The molecular formula is C12H21N3O2. The topological polar surface area (TPSA) is 75.4 Å². The van der Waals surface area contributed by atoms with Crippen molar-refractivity contribution in [3.8, 4) is 0 Å². The number of likely N-dealkylation sites (tertiary alicyclic amines) is 1. The zero-order valence-corrected chi connectivity index (χ0v) is 10.2. The molecule has 0 bridgehead atoms. The van der Waals surface area contributed by atoms with Crippen LogP contribution in [0.5, 0.6) is 0 Å². The number of carbonyl (C=O) groups excluding carboxylic acids is 2. The van der Waals surface area contributed by atoms with E-state index in [4.69, 9.17) is 5.73 Å². The molecule has 3 N–H and O–H groups in total. The monoisotopic (exact) mass is 239 g/mol. The number of carbonyl (C=O) groups is 2. The summed E-state index contributed by atoms with van der Waals surface area (Å²) in [5.74, 6) is -0.112. The van der Waals surface area contributed by atoms with Crippen molar-refractivity contribution < 1.29 is 9.59 Å². The number of nitrogens with one attached hydrogen (secondary N) is 1. The molecule has 0 aromatic heterocycles. The number of rotatable bonds is 6. The Bertz CT molecular complexity index is 285. The Morgan fingerprint density at radius 1 is 1.41 bits per heavy atom. The maximum absolute atomic E-state index is 11.6. The first-order chi connectivity index (χ1) is 8.15. The van der Waals surface area contributed by atoms with Crippen LogP contribution in [0.4, 0.5) is 0 Å². The summed E-state index contributed by atoms with van der Waals surface area (Å²) in [6.07, 6.45) is 4.59. The molecule has 5 nitrogen and oxygen atoms in total. The van der Waals surface area contributed by atoms with Gasteiger partial charge in [0, 0.05) is 26.1 Å². The van der Waals surface area contributed by atoms with Crippen LogP contribution in [0.25, 0.3) is 0 Å². The second-order valence-electron chi connectivity index (χ2n) is 4.26. The van der Waals surface area contributed by atoms with Crippen molar-refractivity contribution in [1.29, 1.82) is 0 Å². The maximum Gasteiger partial charge on any atom is 0.237 e. The van der Waals surface area contributed by atoms with Gasteiger partial charge in [0.2, 0.25) is 11.8 Å². The Morgan fingerprint density at radius 3 is 2.65 bits per heavy atom. The standard InChI is InChI=1S/C12H21N3O2/c1-2-5-10(13)12(17)14-7-6-11(16)15-8-3-4-9-15/h2,10H,1,3-9,13H2,(H,14,17). The molecule has 0 aromatic rings. The first kappa shape index (κ1) is 13.7.